The molecule has 1 N–H and O–H groups in total. The molecule has 0 bridgehead atoms. The van der Waals surface area contributed by atoms with E-state index in [2.05, 4.69) is 5.10 Å². The number of carboxylic acid groups (broad SMARTS) is 1. The summed E-state index contributed by atoms with van der Waals surface area (Å²) < 4.78 is 6.80. The summed E-state index contributed by atoms with van der Waals surface area (Å²) >= 11 is 0. The van der Waals surface area contributed by atoms with Gasteiger partial charge in [-0.3, -0.25) is 4.79 Å². The Morgan fingerprint density at radius 1 is 1.50 bits per heavy atom. The summed E-state index contributed by atoms with van der Waals surface area (Å²) in [6.07, 6.45) is 5.06. The van der Waals surface area contributed by atoms with Crippen LogP contribution in [0.3, 0.4) is 0 Å². The maximum absolute atomic E-state index is 10.4. The molecule has 0 saturated heterocycles. The second-order valence-corrected chi connectivity index (χ2v) is 3.30. The number of hydrogen-bond donors (Lipinski definition) is 1. The fourth-order valence-corrected chi connectivity index (χ4v) is 1.32. The lowest BCUT2D eigenvalue weighted by molar-refractivity contribution is -0.752. The minimum absolute atomic E-state index is 0.0672. The minimum Gasteiger partial charge on any atom is -0.481 e. The molecular formula is C11H11N2O3+. The van der Waals surface area contributed by atoms with Gasteiger partial charge in [0.1, 0.15) is 18.4 Å². The fraction of sp³-hybridized carbons (Fsp3) is 0.182. The van der Waals surface area contributed by atoms with Gasteiger partial charge in [-0.05, 0) is 17.2 Å². The van der Waals surface area contributed by atoms with Crippen molar-refractivity contribution in [3.8, 4) is 11.3 Å². The van der Waals surface area contributed by atoms with E-state index in [4.69, 9.17) is 9.52 Å². The minimum atomic E-state index is -0.829. The third kappa shape index (κ3) is 2.44. The number of carbonyl (C=O) groups is 1. The SMILES string of the molecule is O=C(O)CC[n+]1ccc(-c2ccco2)cn1. The van der Waals surface area contributed by atoms with Crippen molar-refractivity contribution in [2.24, 2.45) is 0 Å². The van der Waals surface area contributed by atoms with Gasteiger partial charge in [0.25, 0.3) is 0 Å². The highest BCUT2D eigenvalue weighted by molar-refractivity contribution is 5.66. The number of nitrogens with zero attached hydrogens (tertiary/aromatic N) is 2. The van der Waals surface area contributed by atoms with Gasteiger partial charge in [-0.25, -0.2) is 0 Å². The molecule has 0 saturated carbocycles. The topological polar surface area (TPSA) is 67.2 Å². The van der Waals surface area contributed by atoms with E-state index in [1.165, 1.54) is 0 Å². The maximum Gasteiger partial charge on any atom is 0.309 e. The number of furan rings is 1. The van der Waals surface area contributed by atoms with Crippen molar-refractivity contribution in [2.45, 2.75) is 13.0 Å². The van der Waals surface area contributed by atoms with Crippen molar-refractivity contribution in [3.63, 3.8) is 0 Å². The number of aryl methyl sites for hydroxylation is 1. The van der Waals surface area contributed by atoms with Gasteiger partial charge in [0.2, 0.25) is 0 Å². The summed E-state index contributed by atoms with van der Waals surface area (Å²) in [6.45, 7) is 0.369. The Labute approximate surface area is 92.0 Å². The van der Waals surface area contributed by atoms with Crippen LogP contribution in [0.15, 0.2) is 41.3 Å². The van der Waals surface area contributed by atoms with Crippen molar-refractivity contribution in [1.82, 2.24) is 5.10 Å². The monoisotopic (exact) mass is 219 g/mol. The lowest BCUT2D eigenvalue weighted by atomic mass is 10.2. The van der Waals surface area contributed by atoms with Crippen LogP contribution < -0.4 is 4.68 Å². The third-order valence-corrected chi connectivity index (χ3v) is 2.13. The third-order valence-electron chi connectivity index (χ3n) is 2.13. The first-order chi connectivity index (χ1) is 7.75. The Hall–Kier alpha value is -2.17. The molecule has 0 aliphatic carbocycles. The van der Waals surface area contributed by atoms with Crippen LogP contribution in [-0.4, -0.2) is 16.2 Å². The number of aromatic nitrogens is 2. The highest BCUT2D eigenvalue weighted by Gasteiger charge is 2.08. The molecule has 2 aromatic heterocycles. The van der Waals surface area contributed by atoms with Gasteiger partial charge in [0, 0.05) is 11.6 Å². The van der Waals surface area contributed by atoms with E-state index in [1.807, 2.05) is 12.1 Å². The highest BCUT2D eigenvalue weighted by atomic mass is 16.4. The maximum atomic E-state index is 10.4. The Morgan fingerprint density at radius 3 is 2.94 bits per heavy atom. The molecule has 0 unspecified atom stereocenters. The molecule has 2 rings (SSSR count). The van der Waals surface area contributed by atoms with E-state index in [0.29, 0.717) is 6.54 Å². The molecule has 0 fully saturated rings. The van der Waals surface area contributed by atoms with Gasteiger partial charge in [-0.15, -0.1) is 0 Å². The molecule has 5 heteroatoms. The lowest BCUT2D eigenvalue weighted by Gasteiger charge is -1.94. The summed E-state index contributed by atoms with van der Waals surface area (Å²) in [7, 11) is 0. The molecule has 0 aliphatic heterocycles. The van der Waals surface area contributed by atoms with Crippen LogP contribution in [0.1, 0.15) is 6.42 Å². The number of aliphatic carboxylic acids is 1. The summed E-state index contributed by atoms with van der Waals surface area (Å²) in [5.74, 6) is -0.0812. The van der Waals surface area contributed by atoms with Gasteiger partial charge in [0.05, 0.1) is 6.26 Å². The average Bonchev–Trinajstić information content (AvgIpc) is 2.80. The van der Waals surface area contributed by atoms with Crippen LogP contribution >= 0.6 is 0 Å². The van der Waals surface area contributed by atoms with Crippen molar-refractivity contribution >= 4 is 5.97 Å². The molecule has 5 nitrogen and oxygen atoms in total. The van der Waals surface area contributed by atoms with Crippen LogP contribution in [0.4, 0.5) is 0 Å². The Bertz CT molecular complexity index is 462. The van der Waals surface area contributed by atoms with Gasteiger partial charge < -0.3 is 9.52 Å². The molecule has 2 aromatic rings. The fourth-order valence-electron chi connectivity index (χ4n) is 1.32. The molecule has 16 heavy (non-hydrogen) atoms. The van der Waals surface area contributed by atoms with E-state index >= 15 is 0 Å². The predicted octanol–water partition coefficient (Wildman–Crippen LogP) is 1.10. The van der Waals surface area contributed by atoms with Crippen molar-refractivity contribution in [1.29, 1.82) is 0 Å². The molecule has 2 heterocycles. The second-order valence-electron chi connectivity index (χ2n) is 3.30. The molecule has 0 radical (unpaired) electrons. The van der Waals surface area contributed by atoms with E-state index < -0.39 is 5.97 Å². The van der Waals surface area contributed by atoms with E-state index in [9.17, 15) is 4.79 Å². The number of carboxylic acids is 1. The molecular weight excluding hydrogens is 208 g/mol. The Morgan fingerprint density at radius 2 is 2.38 bits per heavy atom. The van der Waals surface area contributed by atoms with Crippen LogP contribution in [0.5, 0.6) is 0 Å². The summed E-state index contributed by atoms with van der Waals surface area (Å²) in [5.41, 5.74) is 0.872. The number of rotatable bonds is 4. The van der Waals surface area contributed by atoms with Crippen molar-refractivity contribution in [3.05, 3.63) is 36.9 Å². The van der Waals surface area contributed by atoms with Gasteiger partial charge in [-0.1, -0.05) is 4.68 Å². The molecule has 82 valence electrons. The molecule has 0 spiro atoms. The molecule has 0 atom stereocenters. The zero-order valence-corrected chi connectivity index (χ0v) is 8.54. The Kier molecular flexibility index (Phi) is 2.95. The van der Waals surface area contributed by atoms with E-state index in [0.717, 1.165) is 11.3 Å². The first-order valence-electron chi connectivity index (χ1n) is 4.87. The van der Waals surface area contributed by atoms with E-state index in [-0.39, 0.29) is 6.42 Å². The van der Waals surface area contributed by atoms with E-state index in [1.54, 1.807) is 29.4 Å². The van der Waals surface area contributed by atoms with Gasteiger partial charge in [-0.2, -0.15) is 0 Å². The summed E-state index contributed by atoms with van der Waals surface area (Å²) in [6, 6.07) is 5.49. The Balaban J connectivity index is 2.08. The number of hydrogen-bond acceptors (Lipinski definition) is 3. The van der Waals surface area contributed by atoms with Crippen LogP contribution in [0.25, 0.3) is 11.3 Å². The zero-order chi connectivity index (χ0) is 11.4. The zero-order valence-electron chi connectivity index (χ0n) is 8.54. The highest BCUT2D eigenvalue weighted by Crippen LogP contribution is 2.16. The first-order valence-corrected chi connectivity index (χ1v) is 4.87. The largest absolute Gasteiger partial charge is 0.481 e. The smallest absolute Gasteiger partial charge is 0.309 e. The quantitative estimate of drug-likeness (QED) is 0.782. The summed E-state index contributed by atoms with van der Waals surface area (Å²) in [5, 5.41) is 12.6. The summed E-state index contributed by atoms with van der Waals surface area (Å²) in [4.78, 5) is 10.4. The second kappa shape index (κ2) is 4.57. The predicted molar refractivity (Wildman–Crippen MR) is 54.4 cm³/mol. The van der Waals surface area contributed by atoms with Crippen LogP contribution in [0.2, 0.25) is 0 Å². The molecule has 0 aromatic carbocycles. The van der Waals surface area contributed by atoms with Crippen molar-refractivity contribution in [2.75, 3.05) is 0 Å². The average molecular weight is 219 g/mol. The lowest BCUT2D eigenvalue weighted by Crippen LogP contribution is -2.38. The van der Waals surface area contributed by atoms with Crippen molar-refractivity contribution < 1.29 is 19.0 Å². The molecule has 0 amide bonds. The standard InChI is InChI=1S/C11H10N2O3/c14-11(15)4-6-13-5-3-9(8-12-13)10-2-1-7-16-10/h1-3,5,7-8H,4,6H2/p+1. The van der Waals surface area contributed by atoms with Crippen LogP contribution in [0, 0.1) is 0 Å². The normalized spacial score (nSPS) is 10.2. The van der Waals surface area contributed by atoms with Gasteiger partial charge in [0.15, 0.2) is 12.7 Å². The van der Waals surface area contributed by atoms with Gasteiger partial charge >= 0.3 is 5.97 Å². The first kappa shape index (κ1) is 10.4. The molecule has 0 aliphatic rings. The van der Waals surface area contributed by atoms with Crippen LogP contribution in [-0.2, 0) is 11.3 Å².